The number of nitrogens with two attached hydrogens (primary N) is 1. The van der Waals surface area contributed by atoms with E-state index in [4.69, 9.17) is 10.5 Å². The molecule has 0 aliphatic carbocycles. The van der Waals surface area contributed by atoms with E-state index in [1.165, 1.54) is 24.5 Å². The average Bonchev–Trinajstić information content (AvgIpc) is 2.75. The maximum atomic E-state index is 10.7. The largest absolute Gasteiger partial charge is 0.490 e. The fraction of sp³-hybridized carbons (Fsp3) is 0.100. The number of anilines is 1. The first-order valence-corrected chi connectivity index (χ1v) is 5.53. The summed E-state index contributed by atoms with van der Waals surface area (Å²) in [4.78, 5) is 14.3. The zero-order chi connectivity index (χ0) is 12.4. The van der Waals surface area contributed by atoms with Crippen LogP contribution >= 0.6 is 11.3 Å². The molecule has 0 saturated heterocycles. The minimum atomic E-state index is -0.487. The Morgan fingerprint density at radius 1 is 1.53 bits per heavy atom. The summed E-state index contributed by atoms with van der Waals surface area (Å²) in [5, 5.41) is 13.1. The molecule has 17 heavy (non-hydrogen) atoms. The Hall–Kier alpha value is -2.15. The van der Waals surface area contributed by atoms with Crippen molar-refractivity contribution >= 4 is 22.8 Å². The van der Waals surface area contributed by atoms with Crippen LogP contribution < -0.4 is 10.5 Å². The van der Waals surface area contributed by atoms with E-state index >= 15 is 0 Å². The van der Waals surface area contributed by atoms with Crippen LogP contribution in [0.1, 0.15) is 0 Å². The first-order chi connectivity index (χ1) is 8.11. The lowest BCUT2D eigenvalue weighted by Gasteiger charge is -2.03. The van der Waals surface area contributed by atoms with Gasteiger partial charge in [0.15, 0.2) is 5.75 Å². The van der Waals surface area contributed by atoms with Crippen molar-refractivity contribution in [3.63, 3.8) is 0 Å². The van der Waals surface area contributed by atoms with E-state index in [2.05, 4.69) is 4.98 Å². The molecule has 0 amide bonds. The van der Waals surface area contributed by atoms with Gasteiger partial charge in [0.1, 0.15) is 10.8 Å². The second-order valence-electron chi connectivity index (χ2n) is 3.22. The van der Waals surface area contributed by atoms with Gasteiger partial charge in [-0.2, -0.15) is 0 Å². The lowest BCUT2D eigenvalue weighted by molar-refractivity contribution is -0.385. The minimum Gasteiger partial charge on any atom is -0.490 e. The van der Waals surface area contributed by atoms with Gasteiger partial charge in [-0.3, -0.25) is 10.1 Å². The quantitative estimate of drug-likeness (QED) is 0.667. The van der Waals surface area contributed by atoms with Gasteiger partial charge in [0.25, 0.3) is 0 Å². The van der Waals surface area contributed by atoms with Crippen molar-refractivity contribution < 1.29 is 9.66 Å². The fourth-order valence-electron chi connectivity index (χ4n) is 1.38. The summed E-state index contributed by atoms with van der Waals surface area (Å²) in [6.45, 7) is 0. The molecule has 88 valence electrons. The van der Waals surface area contributed by atoms with Crippen LogP contribution in [-0.4, -0.2) is 17.0 Å². The van der Waals surface area contributed by atoms with Crippen molar-refractivity contribution in [2.24, 2.45) is 0 Å². The van der Waals surface area contributed by atoms with Crippen LogP contribution in [0.15, 0.2) is 23.6 Å². The van der Waals surface area contributed by atoms with Crippen LogP contribution in [0.25, 0.3) is 10.6 Å². The molecule has 0 atom stereocenters. The number of nitro groups is 1. The molecule has 0 bridgehead atoms. The summed E-state index contributed by atoms with van der Waals surface area (Å²) in [5.41, 5.74) is 6.20. The normalized spacial score (nSPS) is 10.2. The van der Waals surface area contributed by atoms with Gasteiger partial charge in [-0.1, -0.05) is 0 Å². The van der Waals surface area contributed by atoms with E-state index in [1.807, 2.05) is 0 Å². The predicted molar refractivity (Wildman–Crippen MR) is 65.2 cm³/mol. The first kappa shape index (κ1) is 11.3. The maximum Gasteiger partial charge on any atom is 0.310 e. The number of benzene rings is 1. The van der Waals surface area contributed by atoms with Gasteiger partial charge in [0.2, 0.25) is 0 Å². The molecule has 1 heterocycles. The average molecular weight is 251 g/mol. The molecule has 0 aliphatic rings. The Morgan fingerprint density at radius 3 is 2.82 bits per heavy atom. The summed E-state index contributed by atoms with van der Waals surface area (Å²) < 4.78 is 4.98. The number of aromatic nitrogens is 1. The van der Waals surface area contributed by atoms with E-state index in [1.54, 1.807) is 17.5 Å². The van der Waals surface area contributed by atoms with Crippen LogP contribution in [0.4, 0.5) is 11.5 Å². The van der Waals surface area contributed by atoms with Crippen LogP contribution in [-0.2, 0) is 0 Å². The molecule has 1 aromatic heterocycles. The van der Waals surface area contributed by atoms with Crippen molar-refractivity contribution in [2.45, 2.75) is 0 Å². The molecule has 2 N–H and O–H groups in total. The highest BCUT2D eigenvalue weighted by Crippen LogP contribution is 2.33. The van der Waals surface area contributed by atoms with Crippen molar-refractivity contribution in [3.8, 4) is 16.3 Å². The number of ether oxygens (including phenoxy) is 1. The van der Waals surface area contributed by atoms with Gasteiger partial charge in [-0.25, -0.2) is 4.98 Å². The van der Waals surface area contributed by atoms with Crippen LogP contribution in [0.5, 0.6) is 5.75 Å². The monoisotopic (exact) mass is 251 g/mol. The second kappa shape index (κ2) is 4.38. The standard InChI is InChI=1S/C10H9N3O3S/c1-16-8-4-6(2-3-7(8)13(14)15)10-12-9(11)5-17-10/h2-5H,11H2,1H3. The Bertz CT molecular complexity index is 568. The third-order valence-electron chi connectivity index (χ3n) is 2.15. The molecule has 1 aromatic carbocycles. The highest BCUT2D eigenvalue weighted by Gasteiger charge is 2.16. The van der Waals surface area contributed by atoms with Gasteiger partial charge in [-0.15, -0.1) is 11.3 Å². The number of hydrogen-bond donors (Lipinski definition) is 1. The van der Waals surface area contributed by atoms with Crippen molar-refractivity contribution in [3.05, 3.63) is 33.7 Å². The predicted octanol–water partition coefficient (Wildman–Crippen LogP) is 2.31. The van der Waals surface area contributed by atoms with Crippen LogP contribution in [0, 0.1) is 10.1 Å². The third kappa shape index (κ3) is 2.18. The van der Waals surface area contributed by atoms with Gasteiger partial charge >= 0.3 is 5.69 Å². The maximum absolute atomic E-state index is 10.7. The molecule has 6 nitrogen and oxygen atoms in total. The Labute approximate surface area is 101 Å². The SMILES string of the molecule is COc1cc(-c2nc(N)cs2)ccc1[N+](=O)[O-]. The molecule has 0 fully saturated rings. The molecule has 0 aliphatic heterocycles. The van der Waals surface area contributed by atoms with Gasteiger partial charge in [0.05, 0.1) is 12.0 Å². The summed E-state index contributed by atoms with van der Waals surface area (Å²) >= 11 is 1.37. The summed E-state index contributed by atoms with van der Waals surface area (Å²) in [6.07, 6.45) is 0. The zero-order valence-electron chi connectivity index (χ0n) is 8.91. The fourth-order valence-corrected chi connectivity index (χ4v) is 2.09. The molecule has 0 radical (unpaired) electrons. The Morgan fingerprint density at radius 2 is 2.29 bits per heavy atom. The minimum absolute atomic E-state index is 0.0687. The van der Waals surface area contributed by atoms with E-state index in [0.29, 0.717) is 10.8 Å². The molecule has 0 unspecified atom stereocenters. The van der Waals surface area contributed by atoms with Gasteiger partial charge < -0.3 is 10.5 Å². The molecule has 2 rings (SSSR count). The molecular weight excluding hydrogens is 242 g/mol. The lowest BCUT2D eigenvalue weighted by atomic mass is 10.2. The first-order valence-electron chi connectivity index (χ1n) is 4.65. The molecule has 0 saturated carbocycles. The Kier molecular flexibility index (Phi) is 2.92. The van der Waals surface area contributed by atoms with Gasteiger partial charge in [0, 0.05) is 17.0 Å². The zero-order valence-corrected chi connectivity index (χ0v) is 9.73. The third-order valence-corrected chi connectivity index (χ3v) is 3.05. The highest BCUT2D eigenvalue weighted by atomic mass is 32.1. The second-order valence-corrected chi connectivity index (χ2v) is 4.08. The van der Waals surface area contributed by atoms with Gasteiger partial charge in [-0.05, 0) is 12.1 Å². The Balaban J connectivity index is 2.48. The molecule has 0 spiro atoms. The van der Waals surface area contributed by atoms with Crippen molar-refractivity contribution in [1.29, 1.82) is 0 Å². The van der Waals surface area contributed by atoms with E-state index in [0.717, 1.165) is 5.56 Å². The van der Waals surface area contributed by atoms with E-state index in [9.17, 15) is 10.1 Å². The molecular formula is C10H9N3O3S. The highest BCUT2D eigenvalue weighted by molar-refractivity contribution is 7.13. The van der Waals surface area contributed by atoms with E-state index < -0.39 is 4.92 Å². The number of nitro benzene ring substituents is 1. The summed E-state index contributed by atoms with van der Waals surface area (Å²) in [6, 6.07) is 4.60. The number of rotatable bonds is 3. The summed E-state index contributed by atoms with van der Waals surface area (Å²) in [7, 11) is 1.39. The number of nitrogens with zero attached hydrogens (tertiary/aromatic N) is 2. The molecule has 2 aromatic rings. The number of methoxy groups -OCH3 is 1. The smallest absolute Gasteiger partial charge is 0.310 e. The van der Waals surface area contributed by atoms with E-state index in [-0.39, 0.29) is 11.4 Å². The molecule has 7 heteroatoms. The number of hydrogen-bond acceptors (Lipinski definition) is 6. The van der Waals surface area contributed by atoms with Crippen molar-refractivity contribution in [1.82, 2.24) is 4.98 Å². The number of thiazole rings is 1. The lowest BCUT2D eigenvalue weighted by Crippen LogP contribution is -1.94. The summed E-state index contributed by atoms with van der Waals surface area (Å²) in [5.74, 6) is 0.642. The number of nitrogen functional groups attached to an aromatic ring is 1. The van der Waals surface area contributed by atoms with Crippen LogP contribution in [0.2, 0.25) is 0 Å². The van der Waals surface area contributed by atoms with Crippen molar-refractivity contribution in [2.75, 3.05) is 12.8 Å². The topological polar surface area (TPSA) is 91.3 Å². The van der Waals surface area contributed by atoms with Crippen LogP contribution in [0.3, 0.4) is 0 Å².